The van der Waals surface area contributed by atoms with Crippen molar-refractivity contribution in [1.82, 2.24) is 0 Å². The summed E-state index contributed by atoms with van der Waals surface area (Å²) >= 11 is 0. The molecule has 2 heteroatoms. The van der Waals surface area contributed by atoms with Gasteiger partial charge >= 0.3 is 0 Å². The van der Waals surface area contributed by atoms with E-state index in [9.17, 15) is 0 Å². The highest BCUT2D eigenvalue weighted by atomic mass is 16.5. The Balaban J connectivity index is 2.82. The highest BCUT2D eigenvalue weighted by Gasteiger charge is 2.06. The van der Waals surface area contributed by atoms with E-state index in [1.54, 1.807) is 0 Å². The summed E-state index contributed by atoms with van der Waals surface area (Å²) in [5.74, 6) is 0.788. The topological polar surface area (TPSA) is 33.0 Å². The van der Waals surface area contributed by atoms with E-state index in [-0.39, 0.29) is 6.10 Å². The molecule has 0 aliphatic rings. The van der Waals surface area contributed by atoms with Gasteiger partial charge in [-0.25, -0.2) is 0 Å². The lowest BCUT2D eigenvalue weighted by Gasteiger charge is -2.11. The van der Waals surface area contributed by atoms with E-state index in [0.29, 0.717) is 6.42 Å². The van der Waals surface area contributed by atoms with Gasteiger partial charge in [0.1, 0.15) is 11.8 Å². The predicted molar refractivity (Wildman–Crippen MR) is 56.2 cm³/mol. The summed E-state index contributed by atoms with van der Waals surface area (Å²) < 4.78 is 5.51. The zero-order chi connectivity index (χ0) is 10.6. The van der Waals surface area contributed by atoms with Crippen LogP contribution in [0.4, 0.5) is 0 Å². The Hall–Kier alpha value is -1.49. The Kier molecular flexibility index (Phi) is 3.53. The summed E-state index contributed by atoms with van der Waals surface area (Å²) in [6.07, 6.45) is 0.375. The number of hydrogen-bond acceptors (Lipinski definition) is 2. The van der Waals surface area contributed by atoms with Gasteiger partial charge in [0.2, 0.25) is 0 Å². The average Bonchev–Trinajstić information content (AvgIpc) is 2.12. The molecule has 1 aromatic carbocycles. The van der Waals surface area contributed by atoms with E-state index in [1.807, 2.05) is 32.9 Å². The number of rotatable bonds is 3. The van der Waals surface area contributed by atoms with E-state index >= 15 is 0 Å². The number of hydrogen-bond donors (Lipinski definition) is 0. The van der Waals surface area contributed by atoms with Gasteiger partial charge in [-0.1, -0.05) is 13.0 Å². The molecule has 0 spiro atoms. The maximum absolute atomic E-state index is 8.75. The zero-order valence-electron chi connectivity index (χ0n) is 8.87. The largest absolute Gasteiger partial charge is 0.476 e. The van der Waals surface area contributed by atoms with Crippen molar-refractivity contribution in [3.8, 4) is 11.8 Å². The maximum atomic E-state index is 8.75. The molecular formula is C12H15NO. The molecule has 0 fully saturated rings. The molecular weight excluding hydrogens is 174 g/mol. The summed E-state index contributed by atoms with van der Waals surface area (Å²) in [6.45, 7) is 5.98. The molecule has 0 N–H and O–H groups in total. The van der Waals surface area contributed by atoms with Gasteiger partial charge < -0.3 is 4.74 Å². The van der Waals surface area contributed by atoms with E-state index < -0.39 is 0 Å². The van der Waals surface area contributed by atoms with E-state index in [1.165, 1.54) is 0 Å². The van der Waals surface area contributed by atoms with Gasteiger partial charge in [-0.3, -0.25) is 0 Å². The molecule has 0 aliphatic carbocycles. The number of nitriles is 1. The summed E-state index contributed by atoms with van der Waals surface area (Å²) in [5, 5.41) is 8.75. The quantitative estimate of drug-likeness (QED) is 0.732. The molecule has 0 aliphatic heterocycles. The molecule has 0 aromatic heterocycles. The number of aryl methyl sites for hydroxylation is 2. The Morgan fingerprint density at radius 2 is 1.86 bits per heavy atom. The van der Waals surface area contributed by atoms with Gasteiger partial charge in [-0.2, -0.15) is 5.26 Å². The molecule has 14 heavy (non-hydrogen) atoms. The first-order valence-electron chi connectivity index (χ1n) is 4.80. The molecule has 1 rings (SSSR count). The average molecular weight is 189 g/mol. The summed E-state index contributed by atoms with van der Waals surface area (Å²) in [5.41, 5.74) is 2.32. The van der Waals surface area contributed by atoms with Gasteiger partial charge in [-0.05, 0) is 43.5 Å². The third kappa shape index (κ3) is 2.77. The van der Waals surface area contributed by atoms with Crippen molar-refractivity contribution in [3.63, 3.8) is 0 Å². The molecule has 74 valence electrons. The summed E-state index contributed by atoms with van der Waals surface area (Å²) in [6, 6.07) is 8.10. The Labute approximate surface area is 85.1 Å². The fraction of sp³-hybridized carbons (Fsp3) is 0.417. The van der Waals surface area contributed by atoms with Crippen molar-refractivity contribution in [1.29, 1.82) is 5.26 Å². The minimum Gasteiger partial charge on any atom is -0.476 e. The van der Waals surface area contributed by atoms with Crippen molar-refractivity contribution >= 4 is 0 Å². The van der Waals surface area contributed by atoms with Crippen LogP contribution in [0.2, 0.25) is 0 Å². The second kappa shape index (κ2) is 4.66. The van der Waals surface area contributed by atoms with Crippen LogP contribution < -0.4 is 4.74 Å². The predicted octanol–water partition coefficient (Wildman–Crippen LogP) is 2.98. The lowest BCUT2D eigenvalue weighted by molar-refractivity contribution is 0.251. The highest BCUT2D eigenvalue weighted by molar-refractivity contribution is 5.33. The van der Waals surface area contributed by atoms with Crippen LogP contribution in [0.1, 0.15) is 24.5 Å². The molecule has 0 bridgehead atoms. The van der Waals surface area contributed by atoms with Crippen LogP contribution in [0.25, 0.3) is 0 Å². The van der Waals surface area contributed by atoms with Crippen molar-refractivity contribution in [2.75, 3.05) is 0 Å². The minimum absolute atomic E-state index is 0.337. The molecule has 0 heterocycles. The van der Waals surface area contributed by atoms with E-state index in [2.05, 4.69) is 12.1 Å². The number of benzene rings is 1. The lowest BCUT2D eigenvalue weighted by Crippen LogP contribution is -2.12. The van der Waals surface area contributed by atoms with Crippen molar-refractivity contribution in [2.45, 2.75) is 33.3 Å². The second-order valence-electron chi connectivity index (χ2n) is 3.47. The smallest absolute Gasteiger partial charge is 0.184 e. The third-order valence-corrected chi connectivity index (χ3v) is 1.99. The molecule has 0 saturated heterocycles. The Morgan fingerprint density at radius 1 is 1.29 bits per heavy atom. The van der Waals surface area contributed by atoms with Crippen molar-refractivity contribution < 1.29 is 4.74 Å². The minimum atomic E-state index is -0.337. The van der Waals surface area contributed by atoms with E-state index in [4.69, 9.17) is 10.00 Å². The first kappa shape index (κ1) is 10.6. The third-order valence-electron chi connectivity index (χ3n) is 1.99. The monoisotopic (exact) mass is 189 g/mol. The molecule has 0 amide bonds. The Bertz CT molecular complexity index is 332. The fourth-order valence-corrected chi connectivity index (χ4v) is 1.37. The second-order valence-corrected chi connectivity index (χ2v) is 3.47. The molecule has 1 unspecified atom stereocenters. The van der Waals surface area contributed by atoms with Crippen molar-refractivity contribution in [3.05, 3.63) is 29.3 Å². The van der Waals surface area contributed by atoms with Gasteiger partial charge in [0, 0.05) is 0 Å². The molecule has 0 radical (unpaired) electrons. The van der Waals surface area contributed by atoms with E-state index in [0.717, 1.165) is 16.9 Å². The Morgan fingerprint density at radius 3 is 2.29 bits per heavy atom. The fourth-order valence-electron chi connectivity index (χ4n) is 1.37. The SMILES string of the molecule is CCC(C#N)Oc1cc(C)cc(C)c1. The van der Waals surface area contributed by atoms with Crippen LogP contribution in [0, 0.1) is 25.2 Å². The van der Waals surface area contributed by atoms with Crippen LogP contribution in [-0.4, -0.2) is 6.10 Å². The van der Waals surface area contributed by atoms with Crippen LogP contribution in [0.5, 0.6) is 5.75 Å². The van der Waals surface area contributed by atoms with Gasteiger partial charge in [0.15, 0.2) is 6.10 Å². The molecule has 1 aromatic rings. The zero-order valence-corrected chi connectivity index (χ0v) is 8.87. The summed E-state index contributed by atoms with van der Waals surface area (Å²) in [4.78, 5) is 0. The first-order valence-corrected chi connectivity index (χ1v) is 4.80. The van der Waals surface area contributed by atoms with Crippen molar-refractivity contribution in [2.24, 2.45) is 0 Å². The summed E-state index contributed by atoms with van der Waals surface area (Å²) in [7, 11) is 0. The number of ether oxygens (including phenoxy) is 1. The van der Waals surface area contributed by atoms with Gasteiger partial charge in [0.05, 0.1) is 0 Å². The highest BCUT2D eigenvalue weighted by Crippen LogP contribution is 2.18. The normalized spacial score (nSPS) is 11.9. The van der Waals surface area contributed by atoms with Crippen LogP contribution in [-0.2, 0) is 0 Å². The lowest BCUT2D eigenvalue weighted by atomic mass is 10.1. The van der Waals surface area contributed by atoms with Gasteiger partial charge in [0.25, 0.3) is 0 Å². The molecule has 0 saturated carbocycles. The standard InChI is InChI=1S/C12H15NO/c1-4-11(8-13)14-12-6-9(2)5-10(3)7-12/h5-7,11H,4H2,1-3H3. The van der Waals surface area contributed by atoms with Crippen LogP contribution in [0.15, 0.2) is 18.2 Å². The molecule has 1 atom stereocenters. The number of nitrogens with zero attached hydrogens (tertiary/aromatic N) is 1. The maximum Gasteiger partial charge on any atom is 0.184 e. The van der Waals surface area contributed by atoms with Gasteiger partial charge in [-0.15, -0.1) is 0 Å². The first-order chi connectivity index (χ1) is 6.65. The van der Waals surface area contributed by atoms with Crippen LogP contribution in [0.3, 0.4) is 0 Å². The molecule has 2 nitrogen and oxygen atoms in total. The van der Waals surface area contributed by atoms with Crippen LogP contribution >= 0.6 is 0 Å².